The van der Waals surface area contributed by atoms with Gasteiger partial charge in [-0.25, -0.2) is 4.99 Å². The molecule has 0 aliphatic carbocycles. The minimum atomic E-state index is -1.73. The molecule has 17 atom stereocenters. The molecule has 5 saturated heterocycles. The van der Waals surface area contributed by atoms with Gasteiger partial charge in [0.15, 0.2) is 18.7 Å². The summed E-state index contributed by atoms with van der Waals surface area (Å²) in [6, 6.07) is 15.5. The van der Waals surface area contributed by atoms with E-state index in [-0.39, 0.29) is 62.2 Å². The van der Waals surface area contributed by atoms with Crippen molar-refractivity contribution in [2.75, 3.05) is 40.8 Å². The minimum absolute atomic E-state index is 0.0454. The summed E-state index contributed by atoms with van der Waals surface area (Å²) >= 11 is 0. The van der Waals surface area contributed by atoms with Crippen molar-refractivity contribution in [3.8, 4) is 0 Å². The summed E-state index contributed by atoms with van der Waals surface area (Å²) in [6.45, 7) is 16.4. The van der Waals surface area contributed by atoms with Gasteiger partial charge in [-0.1, -0.05) is 81.4 Å². The highest BCUT2D eigenvalue weighted by atomic mass is 16.7. The first-order chi connectivity index (χ1) is 36.9. The van der Waals surface area contributed by atoms with Crippen LogP contribution in [0.15, 0.2) is 65.7 Å². The average Bonchev–Trinajstić information content (AvgIpc) is 4.11. The highest BCUT2D eigenvalue weighted by Crippen LogP contribution is 2.41. The van der Waals surface area contributed by atoms with Crippen molar-refractivity contribution in [2.24, 2.45) is 22.7 Å². The fraction of sp³-hybridized carbons (Fsp3) is 0.690. The molecule has 2 aromatic rings. The summed E-state index contributed by atoms with van der Waals surface area (Å²) in [6.07, 6.45) is -5.23. The van der Waals surface area contributed by atoms with Gasteiger partial charge in [-0.05, 0) is 84.3 Å². The number of amidine groups is 1. The monoisotopic (exact) mass is 1090 g/mol. The Morgan fingerprint density at radius 3 is 2.10 bits per heavy atom. The van der Waals surface area contributed by atoms with E-state index in [1.54, 1.807) is 44.5 Å². The second kappa shape index (κ2) is 25.9. The molecule has 78 heavy (non-hydrogen) atoms. The first-order valence-corrected chi connectivity index (χ1v) is 27.9. The van der Waals surface area contributed by atoms with Crippen molar-refractivity contribution in [1.82, 2.24) is 30.7 Å². The van der Waals surface area contributed by atoms with Crippen LogP contribution in [-0.4, -0.2) is 192 Å². The molecule has 432 valence electrons. The Balaban J connectivity index is 1.30. The van der Waals surface area contributed by atoms with Crippen LogP contribution in [0, 0.1) is 17.8 Å². The number of methoxy groups -OCH3 is 1. The summed E-state index contributed by atoms with van der Waals surface area (Å²) in [7, 11) is 5.11. The van der Waals surface area contributed by atoms with E-state index in [0.29, 0.717) is 31.8 Å². The number of nitrogens with one attached hydrogen (secondary N) is 3. The van der Waals surface area contributed by atoms with Gasteiger partial charge in [0.05, 0.1) is 54.1 Å². The zero-order valence-electron chi connectivity index (χ0n) is 47.8. The molecule has 2 aromatic carbocycles. The smallest absolute Gasteiger partial charge is 0.288 e. The lowest BCUT2D eigenvalue weighted by Crippen LogP contribution is -2.60. The van der Waals surface area contributed by atoms with Gasteiger partial charge in [0.1, 0.15) is 24.2 Å². The van der Waals surface area contributed by atoms with E-state index in [2.05, 4.69) is 16.0 Å². The molecule has 5 amide bonds. The van der Waals surface area contributed by atoms with Crippen LogP contribution in [0.3, 0.4) is 0 Å². The van der Waals surface area contributed by atoms with Crippen molar-refractivity contribution in [3.63, 3.8) is 0 Å². The van der Waals surface area contributed by atoms with E-state index < -0.39 is 114 Å². The number of nitrogens with zero attached hydrogens (tertiary/aromatic N) is 4. The third-order valence-electron chi connectivity index (χ3n) is 16.4. The Labute approximate surface area is 460 Å². The van der Waals surface area contributed by atoms with Crippen LogP contribution in [0.4, 0.5) is 0 Å². The predicted octanol–water partition coefficient (Wildman–Crippen LogP) is 3.34. The van der Waals surface area contributed by atoms with Crippen molar-refractivity contribution in [2.45, 2.75) is 198 Å². The number of hydrogen-bond acceptors (Lipinski definition) is 14. The van der Waals surface area contributed by atoms with E-state index in [0.717, 1.165) is 11.1 Å². The summed E-state index contributed by atoms with van der Waals surface area (Å²) in [5, 5.41) is 33.1. The third kappa shape index (κ3) is 14.4. The van der Waals surface area contributed by atoms with Crippen LogP contribution >= 0.6 is 0 Å². The number of benzene rings is 2. The number of hydrogen-bond donors (Lipinski definition) is 5. The lowest BCUT2D eigenvalue weighted by atomic mass is 9.77. The number of fused-ring (bicyclic) bond motifs is 2. The largest absolute Gasteiger partial charge is 0.454 e. The van der Waals surface area contributed by atoms with E-state index in [4.69, 9.17) is 33.4 Å². The number of aliphatic imine (C=N–C) groups is 1. The topological polar surface area (TPSA) is 239 Å². The third-order valence-corrected chi connectivity index (χ3v) is 16.4. The molecule has 5 aliphatic rings. The van der Waals surface area contributed by atoms with Gasteiger partial charge >= 0.3 is 0 Å². The van der Waals surface area contributed by atoms with Crippen molar-refractivity contribution >= 4 is 35.6 Å². The highest BCUT2D eigenvalue weighted by molar-refractivity contribution is 5.95. The number of aliphatic hydroxyl groups excluding tert-OH is 1. The highest BCUT2D eigenvalue weighted by Gasteiger charge is 2.54. The van der Waals surface area contributed by atoms with Crippen molar-refractivity contribution in [3.05, 3.63) is 71.8 Å². The summed E-state index contributed by atoms with van der Waals surface area (Å²) in [5.74, 6) is -4.93. The maximum Gasteiger partial charge on any atom is 0.288 e. The second-order valence-electron chi connectivity index (χ2n) is 23.4. The fourth-order valence-electron chi connectivity index (χ4n) is 12.2. The maximum absolute atomic E-state index is 15.1. The number of rotatable bonds is 10. The molecular formula is C58H87N7O13. The van der Waals surface area contributed by atoms with Crippen molar-refractivity contribution in [1.29, 1.82) is 0 Å². The van der Waals surface area contributed by atoms with Gasteiger partial charge in [0, 0.05) is 65.5 Å². The molecule has 20 nitrogen and oxygen atoms in total. The van der Waals surface area contributed by atoms with Crippen LogP contribution in [-0.2, 0) is 65.2 Å². The zero-order valence-corrected chi connectivity index (χ0v) is 47.8. The Hall–Kier alpha value is -5.22. The van der Waals surface area contributed by atoms with Gasteiger partial charge in [0.25, 0.3) is 6.02 Å². The van der Waals surface area contributed by atoms with E-state index in [1.807, 2.05) is 107 Å². The molecule has 0 radical (unpaired) electrons. The Morgan fingerprint density at radius 2 is 1.47 bits per heavy atom. The van der Waals surface area contributed by atoms with Crippen LogP contribution in [0.1, 0.15) is 106 Å². The Bertz CT molecular complexity index is 2400. The number of likely N-dealkylation sites (N-methyl/N-ethyl adjacent to an activating group) is 2. The molecule has 0 aromatic heterocycles. The van der Waals surface area contributed by atoms with Crippen LogP contribution < -0.4 is 16.0 Å². The Kier molecular flexibility index (Phi) is 20.1. The number of carbonyl (C=O) groups is 5. The molecule has 7 rings (SSSR count). The molecule has 0 bridgehead atoms. The predicted molar refractivity (Wildman–Crippen MR) is 290 cm³/mol. The SMILES string of the molecule is CO[C@]1(C)C[C@H](O[C@H]2[C@H](C)[C@@H](O[C@@H]3O[C@H](C)C[C@H]4[C@H]3OC(=NC(C)C)N4C)[C@](C)(O)C[C@@H](C)CN(C)C(=O)[C@@H]3CCCN3C(=O)[C@H](Cc3ccccc3)NC(=O)CNC(=O)[C@H](Cc3ccccc3)NC(=O)[C@@H]2C)O[C@@H](C)[C@@H]1O. The number of carbonyl (C=O) groups excluding carboxylic acids is 5. The first-order valence-electron chi connectivity index (χ1n) is 27.9. The van der Waals surface area contributed by atoms with Crippen LogP contribution in [0.2, 0.25) is 0 Å². The maximum atomic E-state index is 15.1. The van der Waals surface area contributed by atoms with Crippen molar-refractivity contribution < 1.29 is 62.6 Å². The summed E-state index contributed by atoms with van der Waals surface area (Å²) < 4.78 is 39.5. The molecule has 20 heteroatoms. The second-order valence-corrected chi connectivity index (χ2v) is 23.4. The number of aliphatic hydroxyl groups is 2. The standard InChI is InChI=1S/C58H87N7O13/c1-33(2)60-56-64(11)44-26-35(4)74-55(48(44)77-56)78-50-36(5)47(76-46-30-58(9,73-12)49(67)38(7)75-46)37(6)51(68)62-41(27-39-20-15-13-16-21-39)52(69)59-31-45(66)61-42(28-40-22-17-14-18-23-40)53(70)65-25-19-24-43(65)54(71)63(10)32-34(3)29-57(50,8)72/h13-18,20-23,33-38,41-44,46-50,55,67,72H,19,24-32H2,1-12H3,(H,59,69)(H,61,66)(H,62,68)/t34-,35-,36+,37-,38+,41+,42+,43+,44+,46+,47+,48-,49+,50-,55+,57-,58-/m1/s1. The van der Waals surface area contributed by atoms with Gasteiger partial charge in [-0.3, -0.25) is 24.0 Å². The molecule has 5 fully saturated rings. The number of amides is 5. The summed E-state index contributed by atoms with van der Waals surface area (Å²) in [4.78, 5) is 82.6. The normalized spacial score (nSPS) is 37.7. The van der Waals surface area contributed by atoms with Gasteiger partial charge in [-0.2, -0.15) is 0 Å². The van der Waals surface area contributed by atoms with Gasteiger partial charge in [-0.15, -0.1) is 0 Å². The van der Waals surface area contributed by atoms with E-state index in [9.17, 15) is 29.4 Å². The minimum Gasteiger partial charge on any atom is -0.454 e. The van der Waals surface area contributed by atoms with Crippen LogP contribution in [0.5, 0.6) is 0 Å². The average molecular weight is 1090 g/mol. The molecule has 0 unspecified atom stereocenters. The molecular weight excluding hydrogens is 1000 g/mol. The molecule has 5 N–H and O–H groups in total. The number of ether oxygens (including phenoxy) is 6. The summed E-state index contributed by atoms with van der Waals surface area (Å²) in [5.41, 5.74) is -1.33. The first kappa shape index (κ1) is 60.4. The van der Waals surface area contributed by atoms with Gasteiger partial charge < -0.3 is 69.3 Å². The lowest BCUT2D eigenvalue weighted by molar-refractivity contribution is -0.313. The van der Waals surface area contributed by atoms with E-state index >= 15 is 4.79 Å². The van der Waals surface area contributed by atoms with Crippen LogP contribution in [0.25, 0.3) is 0 Å². The molecule has 5 aliphatic heterocycles. The Morgan fingerprint density at radius 1 is 0.833 bits per heavy atom. The zero-order chi connectivity index (χ0) is 56.8. The molecule has 0 spiro atoms. The van der Waals surface area contributed by atoms with Gasteiger partial charge in [0.2, 0.25) is 29.5 Å². The molecule has 5 heterocycles. The quantitative estimate of drug-likeness (QED) is 0.230. The molecule has 0 saturated carbocycles. The fourth-order valence-corrected chi connectivity index (χ4v) is 12.2. The van der Waals surface area contributed by atoms with E-state index in [1.165, 1.54) is 7.11 Å². The lowest BCUT2D eigenvalue weighted by Gasteiger charge is -2.48.